The fraction of sp³-hybridized carbons (Fsp3) is 0.600. The van der Waals surface area contributed by atoms with E-state index in [1.807, 2.05) is 32.0 Å². The Kier molecular flexibility index (Phi) is 4.91. The zero-order valence-corrected chi connectivity index (χ0v) is 11.8. The number of nitrogens with zero attached hydrogens (tertiary/aromatic N) is 1. The maximum atomic E-state index is 12.0. The highest BCUT2D eigenvalue weighted by Gasteiger charge is 2.20. The summed E-state index contributed by atoms with van der Waals surface area (Å²) in [5.41, 5.74) is 1.97. The molecule has 4 heteroatoms. The van der Waals surface area contributed by atoms with Gasteiger partial charge in [-0.15, -0.1) is 0 Å². The van der Waals surface area contributed by atoms with E-state index in [9.17, 15) is 4.79 Å². The molecule has 0 spiro atoms. The van der Waals surface area contributed by atoms with Gasteiger partial charge in [0.25, 0.3) is 0 Å². The van der Waals surface area contributed by atoms with Crippen molar-refractivity contribution in [3.63, 3.8) is 0 Å². The van der Waals surface area contributed by atoms with Crippen molar-refractivity contribution in [3.8, 4) is 0 Å². The smallest absolute Gasteiger partial charge is 0.237 e. The summed E-state index contributed by atoms with van der Waals surface area (Å²) < 4.78 is 0. The molecule has 0 radical (unpaired) electrons. The van der Waals surface area contributed by atoms with E-state index in [0.29, 0.717) is 12.6 Å². The highest BCUT2D eigenvalue weighted by Crippen LogP contribution is 2.17. The van der Waals surface area contributed by atoms with Crippen LogP contribution in [0.4, 0.5) is 0 Å². The summed E-state index contributed by atoms with van der Waals surface area (Å²) >= 11 is 0. The Hall–Kier alpha value is -1.42. The lowest BCUT2D eigenvalue weighted by atomic mass is 10.2. The number of pyridine rings is 1. The Morgan fingerprint density at radius 1 is 1.42 bits per heavy atom. The third kappa shape index (κ3) is 4.31. The van der Waals surface area contributed by atoms with Gasteiger partial charge in [0.15, 0.2) is 0 Å². The number of hydrogen-bond acceptors (Lipinski definition) is 3. The first-order chi connectivity index (χ1) is 9.15. The van der Waals surface area contributed by atoms with Crippen LogP contribution in [0.5, 0.6) is 0 Å². The predicted octanol–water partition coefficient (Wildman–Crippen LogP) is 1.93. The van der Waals surface area contributed by atoms with Crippen LogP contribution in [0.1, 0.15) is 44.0 Å². The van der Waals surface area contributed by atoms with Gasteiger partial charge in [-0.1, -0.05) is 18.9 Å². The average molecular weight is 261 g/mol. The number of aromatic nitrogens is 1. The minimum Gasteiger partial charge on any atom is -0.352 e. The average Bonchev–Trinajstić information content (AvgIpc) is 2.89. The summed E-state index contributed by atoms with van der Waals surface area (Å²) in [6.45, 7) is 4.50. The highest BCUT2D eigenvalue weighted by atomic mass is 16.2. The van der Waals surface area contributed by atoms with E-state index in [4.69, 9.17) is 0 Å². The molecule has 1 heterocycles. The third-order valence-electron chi connectivity index (χ3n) is 3.63. The van der Waals surface area contributed by atoms with Gasteiger partial charge in [-0.2, -0.15) is 0 Å². The van der Waals surface area contributed by atoms with Crippen LogP contribution in [-0.4, -0.2) is 23.0 Å². The second-order valence-electron chi connectivity index (χ2n) is 5.36. The Morgan fingerprint density at radius 3 is 2.84 bits per heavy atom. The lowest BCUT2D eigenvalue weighted by Gasteiger charge is -2.17. The van der Waals surface area contributed by atoms with Crippen molar-refractivity contribution in [2.75, 3.05) is 0 Å². The molecule has 19 heavy (non-hydrogen) atoms. The first-order valence-corrected chi connectivity index (χ1v) is 7.11. The van der Waals surface area contributed by atoms with E-state index in [0.717, 1.165) is 24.2 Å². The number of hydrogen-bond donors (Lipinski definition) is 2. The number of aryl methyl sites for hydroxylation is 1. The number of carbonyl (C=O) groups excluding carboxylic acids is 1. The maximum absolute atomic E-state index is 12.0. The monoisotopic (exact) mass is 261 g/mol. The molecule has 0 aromatic carbocycles. The van der Waals surface area contributed by atoms with Crippen LogP contribution < -0.4 is 10.6 Å². The zero-order valence-electron chi connectivity index (χ0n) is 11.8. The van der Waals surface area contributed by atoms with Crippen molar-refractivity contribution < 1.29 is 4.79 Å². The Morgan fingerprint density at radius 2 is 2.16 bits per heavy atom. The van der Waals surface area contributed by atoms with Crippen molar-refractivity contribution in [1.82, 2.24) is 15.6 Å². The van der Waals surface area contributed by atoms with Gasteiger partial charge in [-0.05, 0) is 38.8 Å². The fourth-order valence-electron chi connectivity index (χ4n) is 2.44. The van der Waals surface area contributed by atoms with E-state index in [1.165, 1.54) is 12.8 Å². The summed E-state index contributed by atoms with van der Waals surface area (Å²) in [7, 11) is 0. The molecule has 2 rings (SSSR count). The minimum atomic E-state index is -0.178. The molecule has 1 atom stereocenters. The second kappa shape index (κ2) is 6.66. The number of carbonyl (C=O) groups is 1. The molecule has 1 fully saturated rings. The minimum absolute atomic E-state index is 0.0968. The molecule has 4 nitrogen and oxygen atoms in total. The summed E-state index contributed by atoms with van der Waals surface area (Å²) in [6, 6.07) is 6.14. The first kappa shape index (κ1) is 14.0. The molecule has 1 aliphatic rings. The molecule has 0 bridgehead atoms. The maximum Gasteiger partial charge on any atom is 0.237 e. The van der Waals surface area contributed by atoms with E-state index in [2.05, 4.69) is 15.6 Å². The summed E-state index contributed by atoms with van der Waals surface area (Å²) in [5.74, 6) is 0.0968. The van der Waals surface area contributed by atoms with Crippen molar-refractivity contribution in [2.45, 2.75) is 58.2 Å². The molecule has 1 aromatic heterocycles. The molecule has 1 saturated carbocycles. The van der Waals surface area contributed by atoms with Crippen LogP contribution in [0, 0.1) is 6.92 Å². The van der Waals surface area contributed by atoms with E-state index in [1.54, 1.807) is 0 Å². The normalized spacial score (nSPS) is 17.4. The van der Waals surface area contributed by atoms with Gasteiger partial charge in [0.05, 0.1) is 11.7 Å². The van der Waals surface area contributed by atoms with E-state index in [-0.39, 0.29) is 11.9 Å². The molecule has 1 unspecified atom stereocenters. The summed E-state index contributed by atoms with van der Waals surface area (Å²) in [5, 5.41) is 6.33. The van der Waals surface area contributed by atoms with Gasteiger partial charge in [0.1, 0.15) is 0 Å². The molecule has 0 aliphatic heterocycles. The van der Waals surface area contributed by atoms with Crippen molar-refractivity contribution in [3.05, 3.63) is 29.6 Å². The third-order valence-corrected chi connectivity index (χ3v) is 3.63. The van der Waals surface area contributed by atoms with Gasteiger partial charge in [0, 0.05) is 18.3 Å². The van der Waals surface area contributed by atoms with Crippen LogP contribution in [-0.2, 0) is 11.3 Å². The van der Waals surface area contributed by atoms with Crippen molar-refractivity contribution in [1.29, 1.82) is 0 Å². The van der Waals surface area contributed by atoms with Gasteiger partial charge < -0.3 is 10.6 Å². The van der Waals surface area contributed by atoms with Crippen molar-refractivity contribution >= 4 is 5.91 Å². The van der Waals surface area contributed by atoms with Crippen LogP contribution in [0.15, 0.2) is 18.2 Å². The molecule has 1 aromatic rings. The molecule has 1 amide bonds. The van der Waals surface area contributed by atoms with Gasteiger partial charge >= 0.3 is 0 Å². The molecular weight excluding hydrogens is 238 g/mol. The number of nitrogens with one attached hydrogen (secondary N) is 2. The van der Waals surface area contributed by atoms with Crippen LogP contribution >= 0.6 is 0 Å². The Labute approximate surface area is 115 Å². The quantitative estimate of drug-likeness (QED) is 0.851. The van der Waals surface area contributed by atoms with Crippen LogP contribution in [0.25, 0.3) is 0 Å². The lowest BCUT2D eigenvalue weighted by Crippen LogP contribution is -2.45. The van der Waals surface area contributed by atoms with Crippen LogP contribution in [0.2, 0.25) is 0 Å². The molecule has 0 saturated heterocycles. The van der Waals surface area contributed by atoms with Crippen LogP contribution in [0.3, 0.4) is 0 Å². The molecule has 104 valence electrons. The van der Waals surface area contributed by atoms with Gasteiger partial charge in [-0.25, -0.2) is 0 Å². The van der Waals surface area contributed by atoms with Gasteiger partial charge in [-0.3, -0.25) is 9.78 Å². The SMILES string of the molecule is Cc1cccc(CNC(C)C(=O)NC2CCCC2)n1. The second-order valence-corrected chi connectivity index (χ2v) is 5.36. The summed E-state index contributed by atoms with van der Waals surface area (Å²) in [6.07, 6.45) is 4.72. The highest BCUT2D eigenvalue weighted by molar-refractivity contribution is 5.81. The number of amides is 1. The predicted molar refractivity (Wildman–Crippen MR) is 75.7 cm³/mol. The largest absolute Gasteiger partial charge is 0.352 e. The summed E-state index contributed by atoms with van der Waals surface area (Å²) in [4.78, 5) is 16.4. The lowest BCUT2D eigenvalue weighted by molar-refractivity contribution is -0.123. The standard InChI is InChI=1S/C15H23N3O/c1-11-6-5-9-14(17-11)10-16-12(2)15(19)18-13-7-3-4-8-13/h5-6,9,12-13,16H,3-4,7-8,10H2,1-2H3,(H,18,19). The fourth-order valence-corrected chi connectivity index (χ4v) is 2.44. The van der Waals surface area contributed by atoms with Gasteiger partial charge in [0.2, 0.25) is 5.91 Å². The number of rotatable bonds is 5. The topological polar surface area (TPSA) is 54.0 Å². The Bertz CT molecular complexity index is 427. The zero-order chi connectivity index (χ0) is 13.7. The van der Waals surface area contributed by atoms with E-state index < -0.39 is 0 Å². The molecule has 2 N–H and O–H groups in total. The van der Waals surface area contributed by atoms with Crippen molar-refractivity contribution in [2.24, 2.45) is 0 Å². The molecule has 1 aliphatic carbocycles. The molecular formula is C15H23N3O. The Balaban J connectivity index is 1.76. The first-order valence-electron chi connectivity index (χ1n) is 7.11. The van der Waals surface area contributed by atoms with E-state index >= 15 is 0 Å².